The molecule has 3 rings (SSSR count). The van der Waals surface area contributed by atoms with E-state index in [1.54, 1.807) is 16.4 Å². The first kappa shape index (κ1) is 11.6. The second-order valence-corrected chi connectivity index (χ2v) is 8.07. The van der Waals surface area contributed by atoms with Crippen LogP contribution in [-0.4, -0.2) is 30.4 Å². The van der Waals surface area contributed by atoms with Crippen LogP contribution in [0.25, 0.3) is 0 Å². The zero-order valence-corrected chi connectivity index (χ0v) is 11.0. The van der Waals surface area contributed by atoms with Gasteiger partial charge in [-0.1, -0.05) is 0 Å². The van der Waals surface area contributed by atoms with Crippen LogP contribution < -0.4 is 0 Å². The third-order valence-corrected chi connectivity index (χ3v) is 7.17. The highest BCUT2D eigenvalue weighted by Crippen LogP contribution is 2.41. The number of thiophene rings is 1. The fraction of sp³-hybridized carbons (Fsp3) is 0.636. The molecule has 1 aromatic heterocycles. The van der Waals surface area contributed by atoms with Crippen molar-refractivity contribution >= 4 is 21.4 Å². The molecule has 17 heavy (non-hydrogen) atoms. The van der Waals surface area contributed by atoms with Crippen LogP contribution in [0, 0.1) is 5.92 Å². The van der Waals surface area contributed by atoms with Gasteiger partial charge in [0.1, 0.15) is 4.21 Å². The van der Waals surface area contributed by atoms with Crippen LogP contribution in [-0.2, 0) is 16.6 Å². The second kappa shape index (κ2) is 4.05. The fourth-order valence-corrected chi connectivity index (χ4v) is 5.96. The number of aliphatic hydroxyl groups is 1. The summed E-state index contributed by atoms with van der Waals surface area (Å²) in [6.07, 6.45) is 3.20. The van der Waals surface area contributed by atoms with Gasteiger partial charge in [-0.3, -0.25) is 0 Å². The zero-order valence-electron chi connectivity index (χ0n) is 9.37. The number of nitrogens with zero attached hydrogens (tertiary/aromatic N) is 1. The SMILES string of the molecule is O=S(=O)(c1ccc(CO)s1)N1CC2CCC1C2. The maximum atomic E-state index is 12.4. The number of piperidine rings is 1. The zero-order chi connectivity index (χ0) is 12.0. The summed E-state index contributed by atoms with van der Waals surface area (Å²) in [5.41, 5.74) is 0. The van der Waals surface area contributed by atoms with Crippen molar-refractivity contribution in [2.24, 2.45) is 5.92 Å². The topological polar surface area (TPSA) is 57.6 Å². The monoisotopic (exact) mass is 273 g/mol. The smallest absolute Gasteiger partial charge is 0.252 e. The maximum absolute atomic E-state index is 12.4. The van der Waals surface area contributed by atoms with Crippen LogP contribution in [0.15, 0.2) is 16.3 Å². The number of hydrogen-bond acceptors (Lipinski definition) is 4. The molecule has 0 spiro atoms. The average Bonchev–Trinajstić information content (AvgIpc) is 3.04. The van der Waals surface area contributed by atoms with Gasteiger partial charge in [-0.05, 0) is 37.3 Å². The third-order valence-electron chi connectivity index (χ3n) is 3.71. The second-order valence-electron chi connectivity index (χ2n) is 4.79. The lowest BCUT2D eigenvalue weighted by atomic mass is 10.1. The van der Waals surface area contributed by atoms with E-state index in [1.807, 2.05) is 0 Å². The summed E-state index contributed by atoms with van der Waals surface area (Å²) in [6.45, 7) is 0.589. The van der Waals surface area contributed by atoms with Crippen molar-refractivity contribution in [1.29, 1.82) is 0 Å². The van der Waals surface area contributed by atoms with Crippen LogP contribution in [0.2, 0.25) is 0 Å². The number of rotatable bonds is 3. The first-order valence-electron chi connectivity index (χ1n) is 5.82. The molecule has 2 heterocycles. The summed E-state index contributed by atoms with van der Waals surface area (Å²) in [5, 5.41) is 8.99. The molecule has 1 aliphatic carbocycles. The summed E-state index contributed by atoms with van der Waals surface area (Å²) in [7, 11) is -3.32. The molecule has 0 radical (unpaired) electrons. The molecule has 2 bridgehead atoms. The predicted octanol–water partition coefficient (Wildman–Crippen LogP) is 1.41. The predicted molar refractivity (Wildman–Crippen MR) is 65.3 cm³/mol. The van der Waals surface area contributed by atoms with E-state index in [2.05, 4.69) is 0 Å². The highest BCUT2D eigenvalue weighted by Gasteiger charge is 2.44. The lowest BCUT2D eigenvalue weighted by Gasteiger charge is -2.25. The van der Waals surface area contributed by atoms with Crippen molar-refractivity contribution in [2.75, 3.05) is 6.54 Å². The van der Waals surface area contributed by atoms with E-state index < -0.39 is 10.0 Å². The van der Waals surface area contributed by atoms with E-state index in [1.165, 1.54) is 17.8 Å². The molecule has 2 unspecified atom stereocenters. The molecule has 1 saturated heterocycles. The van der Waals surface area contributed by atoms with Gasteiger partial charge < -0.3 is 5.11 Å². The van der Waals surface area contributed by atoms with Gasteiger partial charge in [0.25, 0.3) is 10.0 Å². The number of hydrogen-bond donors (Lipinski definition) is 1. The van der Waals surface area contributed by atoms with Gasteiger partial charge >= 0.3 is 0 Å². The first-order chi connectivity index (χ1) is 8.11. The van der Waals surface area contributed by atoms with Crippen LogP contribution in [0.1, 0.15) is 24.1 Å². The Hall–Kier alpha value is -0.430. The van der Waals surface area contributed by atoms with Gasteiger partial charge in [0.2, 0.25) is 0 Å². The Bertz CT molecular complexity index is 523. The molecule has 1 aromatic rings. The molecule has 4 nitrogen and oxygen atoms in total. The Morgan fingerprint density at radius 3 is 2.76 bits per heavy atom. The summed E-state index contributed by atoms with van der Waals surface area (Å²) < 4.78 is 26.8. The first-order valence-corrected chi connectivity index (χ1v) is 8.08. The maximum Gasteiger partial charge on any atom is 0.252 e. The van der Waals surface area contributed by atoms with Crippen molar-refractivity contribution in [1.82, 2.24) is 4.31 Å². The summed E-state index contributed by atoms with van der Waals surface area (Å²) in [6, 6.07) is 3.51. The van der Waals surface area contributed by atoms with Crippen LogP contribution >= 0.6 is 11.3 Å². The molecule has 0 aromatic carbocycles. The number of fused-ring (bicyclic) bond motifs is 2. The third kappa shape index (κ3) is 1.83. The van der Waals surface area contributed by atoms with E-state index in [0.717, 1.165) is 12.8 Å². The average molecular weight is 273 g/mol. The van der Waals surface area contributed by atoms with Crippen molar-refractivity contribution in [3.63, 3.8) is 0 Å². The summed E-state index contributed by atoms with van der Waals surface area (Å²) in [5.74, 6) is 0.562. The Labute approximate surface area is 105 Å². The molecule has 0 amide bonds. The molecular formula is C11H15NO3S2. The molecule has 1 N–H and O–H groups in total. The van der Waals surface area contributed by atoms with Gasteiger partial charge in [-0.15, -0.1) is 11.3 Å². The van der Waals surface area contributed by atoms with Gasteiger partial charge in [0, 0.05) is 17.5 Å². The summed E-state index contributed by atoms with van der Waals surface area (Å²) >= 11 is 1.17. The molecule has 94 valence electrons. The Morgan fingerprint density at radius 1 is 1.41 bits per heavy atom. The minimum absolute atomic E-state index is 0.0910. The minimum Gasteiger partial charge on any atom is -0.391 e. The summed E-state index contributed by atoms with van der Waals surface area (Å²) in [4.78, 5) is 0.702. The highest BCUT2D eigenvalue weighted by molar-refractivity contribution is 7.91. The highest BCUT2D eigenvalue weighted by atomic mass is 32.2. The minimum atomic E-state index is -3.32. The quantitative estimate of drug-likeness (QED) is 0.906. The van der Waals surface area contributed by atoms with E-state index in [0.29, 0.717) is 21.5 Å². The van der Waals surface area contributed by atoms with Gasteiger partial charge in [0.05, 0.1) is 6.61 Å². The fourth-order valence-electron chi connectivity index (χ4n) is 2.87. The van der Waals surface area contributed by atoms with Crippen molar-refractivity contribution < 1.29 is 13.5 Å². The Kier molecular flexibility index (Phi) is 2.77. The Morgan fingerprint density at radius 2 is 2.24 bits per heavy atom. The van der Waals surface area contributed by atoms with Crippen LogP contribution in [0.4, 0.5) is 0 Å². The Balaban J connectivity index is 1.90. The molecule has 1 saturated carbocycles. The molecule has 1 aliphatic heterocycles. The molecule has 6 heteroatoms. The molecule has 2 aliphatic rings. The normalized spacial score (nSPS) is 29.0. The van der Waals surface area contributed by atoms with Gasteiger partial charge in [-0.2, -0.15) is 4.31 Å². The standard InChI is InChI=1S/C11H15NO3S2/c13-7-10-3-4-11(16-10)17(14,15)12-6-8-1-2-9(12)5-8/h3-4,8-9,13H,1-2,5-7H2. The largest absolute Gasteiger partial charge is 0.391 e. The lowest BCUT2D eigenvalue weighted by Crippen LogP contribution is -2.37. The molecule has 2 fully saturated rings. The van der Waals surface area contributed by atoms with E-state index in [-0.39, 0.29) is 12.6 Å². The number of aliphatic hydroxyl groups excluding tert-OH is 1. The molecule has 2 atom stereocenters. The van der Waals surface area contributed by atoms with Crippen molar-refractivity contribution in [3.8, 4) is 0 Å². The van der Waals surface area contributed by atoms with Crippen LogP contribution in [0.5, 0.6) is 0 Å². The number of sulfonamides is 1. The van der Waals surface area contributed by atoms with Gasteiger partial charge in [0.15, 0.2) is 0 Å². The van der Waals surface area contributed by atoms with E-state index in [9.17, 15) is 8.42 Å². The van der Waals surface area contributed by atoms with E-state index in [4.69, 9.17) is 5.11 Å². The lowest BCUT2D eigenvalue weighted by molar-refractivity contribution is 0.285. The van der Waals surface area contributed by atoms with Crippen LogP contribution in [0.3, 0.4) is 0 Å². The van der Waals surface area contributed by atoms with Gasteiger partial charge in [-0.25, -0.2) is 8.42 Å². The van der Waals surface area contributed by atoms with Crippen molar-refractivity contribution in [3.05, 3.63) is 17.0 Å². The van der Waals surface area contributed by atoms with Crippen molar-refractivity contribution in [2.45, 2.75) is 36.1 Å². The van der Waals surface area contributed by atoms with E-state index >= 15 is 0 Å². The molecular weight excluding hydrogens is 258 g/mol.